The van der Waals surface area contributed by atoms with Gasteiger partial charge in [-0.15, -0.1) is 0 Å². The molecule has 0 saturated carbocycles. The van der Waals surface area contributed by atoms with E-state index in [1.54, 1.807) is 6.21 Å². The fourth-order valence-electron chi connectivity index (χ4n) is 2.03. The molecule has 0 aliphatic rings. The van der Waals surface area contributed by atoms with Crippen molar-refractivity contribution < 1.29 is 4.42 Å². The molecule has 0 spiro atoms. The summed E-state index contributed by atoms with van der Waals surface area (Å²) in [5.74, 6) is 3.04. The number of benzene rings is 1. The second-order valence-corrected chi connectivity index (χ2v) is 5.18. The van der Waals surface area contributed by atoms with Crippen LogP contribution >= 0.6 is 0 Å². The molecule has 0 aliphatic heterocycles. The topological polar surface area (TPSA) is 54.2 Å². The Kier molecular flexibility index (Phi) is 3.14. The molecule has 0 amide bonds. The van der Waals surface area contributed by atoms with Crippen molar-refractivity contribution in [2.75, 3.05) is 0 Å². The third kappa shape index (κ3) is 2.50. The lowest BCUT2D eigenvalue weighted by Crippen LogP contribution is -1.88. The number of imidazole rings is 1. The van der Waals surface area contributed by atoms with Crippen LogP contribution in [-0.2, 0) is 0 Å². The SMILES string of the molecule is Cc1ccc(C=Nc2ccc3nc(C(C)C)[nH]c3c2)o1. The first-order chi connectivity index (χ1) is 9.61. The molecule has 0 unspecified atom stereocenters. The van der Waals surface area contributed by atoms with Crippen molar-refractivity contribution in [3.05, 3.63) is 47.7 Å². The number of hydrogen-bond acceptors (Lipinski definition) is 3. The Bertz CT molecular complexity index is 765. The van der Waals surface area contributed by atoms with Gasteiger partial charge in [0.2, 0.25) is 0 Å². The average molecular weight is 267 g/mol. The van der Waals surface area contributed by atoms with Crippen molar-refractivity contribution >= 4 is 22.9 Å². The van der Waals surface area contributed by atoms with E-state index in [9.17, 15) is 0 Å². The van der Waals surface area contributed by atoms with Crippen LogP contribution in [0.3, 0.4) is 0 Å². The second-order valence-electron chi connectivity index (χ2n) is 5.18. The van der Waals surface area contributed by atoms with E-state index in [1.807, 2.05) is 37.3 Å². The first-order valence-corrected chi connectivity index (χ1v) is 6.72. The number of aromatic nitrogens is 2. The monoisotopic (exact) mass is 267 g/mol. The number of furan rings is 1. The van der Waals surface area contributed by atoms with Gasteiger partial charge < -0.3 is 9.40 Å². The molecule has 0 bridgehead atoms. The molecule has 20 heavy (non-hydrogen) atoms. The zero-order valence-electron chi connectivity index (χ0n) is 11.8. The average Bonchev–Trinajstić information content (AvgIpc) is 3.01. The molecule has 0 radical (unpaired) electrons. The highest BCUT2D eigenvalue weighted by Gasteiger charge is 2.06. The molecule has 102 valence electrons. The van der Waals surface area contributed by atoms with Crippen LogP contribution in [0.4, 0.5) is 5.69 Å². The van der Waals surface area contributed by atoms with E-state index < -0.39 is 0 Å². The number of rotatable bonds is 3. The van der Waals surface area contributed by atoms with Crippen molar-refractivity contribution in [1.82, 2.24) is 9.97 Å². The fourth-order valence-corrected chi connectivity index (χ4v) is 2.03. The molecule has 4 heteroatoms. The molecule has 1 aromatic carbocycles. The third-order valence-corrected chi connectivity index (χ3v) is 3.13. The zero-order chi connectivity index (χ0) is 14.1. The molecule has 4 nitrogen and oxygen atoms in total. The minimum absolute atomic E-state index is 0.389. The summed E-state index contributed by atoms with van der Waals surface area (Å²) in [6.07, 6.45) is 1.73. The maximum atomic E-state index is 5.46. The molecule has 0 saturated heterocycles. The van der Waals surface area contributed by atoms with Crippen molar-refractivity contribution in [2.45, 2.75) is 26.7 Å². The van der Waals surface area contributed by atoms with E-state index in [2.05, 4.69) is 28.8 Å². The van der Waals surface area contributed by atoms with Crippen LogP contribution in [0, 0.1) is 6.92 Å². The second kappa shape index (κ2) is 4.96. The van der Waals surface area contributed by atoms with E-state index in [4.69, 9.17) is 4.42 Å². The van der Waals surface area contributed by atoms with E-state index in [1.165, 1.54) is 0 Å². The van der Waals surface area contributed by atoms with E-state index >= 15 is 0 Å². The molecule has 0 aliphatic carbocycles. The van der Waals surface area contributed by atoms with Gasteiger partial charge in [0, 0.05) is 5.92 Å². The van der Waals surface area contributed by atoms with Crippen LogP contribution in [-0.4, -0.2) is 16.2 Å². The minimum atomic E-state index is 0.389. The largest absolute Gasteiger partial charge is 0.460 e. The molecule has 3 aromatic rings. The highest BCUT2D eigenvalue weighted by atomic mass is 16.3. The number of nitrogens with one attached hydrogen (secondary N) is 1. The van der Waals surface area contributed by atoms with Crippen molar-refractivity contribution in [1.29, 1.82) is 0 Å². The summed E-state index contributed by atoms with van der Waals surface area (Å²) in [5.41, 5.74) is 2.87. The lowest BCUT2D eigenvalue weighted by Gasteiger charge is -1.95. The lowest BCUT2D eigenvalue weighted by atomic mass is 10.2. The smallest absolute Gasteiger partial charge is 0.145 e. The molecule has 2 aromatic heterocycles. The predicted molar refractivity (Wildman–Crippen MR) is 80.9 cm³/mol. The van der Waals surface area contributed by atoms with Gasteiger partial charge >= 0.3 is 0 Å². The summed E-state index contributed by atoms with van der Waals surface area (Å²) in [5, 5.41) is 0. The van der Waals surface area contributed by atoms with Gasteiger partial charge in [-0.25, -0.2) is 4.98 Å². The summed E-state index contributed by atoms with van der Waals surface area (Å²) in [6, 6.07) is 9.77. The number of aryl methyl sites for hydroxylation is 1. The van der Waals surface area contributed by atoms with Crippen LogP contribution in [0.5, 0.6) is 0 Å². The van der Waals surface area contributed by atoms with Gasteiger partial charge in [-0.2, -0.15) is 0 Å². The third-order valence-electron chi connectivity index (χ3n) is 3.13. The summed E-state index contributed by atoms with van der Waals surface area (Å²) in [6.45, 7) is 6.16. The van der Waals surface area contributed by atoms with Gasteiger partial charge in [0.05, 0.1) is 22.9 Å². The minimum Gasteiger partial charge on any atom is -0.460 e. The number of H-pyrrole nitrogens is 1. The van der Waals surface area contributed by atoms with Crippen LogP contribution in [0.15, 0.2) is 39.7 Å². The van der Waals surface area contributed by atoms with Gasteiger partial charge in [0.15, 0.2) is 0 Å². The highest BCUT2D eigenvalue weighted by molar-refractivity contribution is 5.82. The summed E-state index contributed by atoms with van der Waals surface area (Å²) >= 11 is 0. The van der Waals surface area contributed by atoms with E-state index in [0.717, 1.165) is 34.1 Å². The molecule has 2 heterocycles. The van der Waals surface area contributed by atoms with Crippen LogP contribution < -0.4 is 0 Å². The molecule has 0 fully saturated rings. The van der Waals surface area contributed by atoms with Gasteiger partial charge in [0.25, 0.3) is 0 Å². The number of fused-ring (bicyclic) bond motifs is 1. The predicted octanol–water partition coefficient (Wildman–Crippen LogP) is 4.34. The molecule has 1 N–H and O–H groups in total. The van der Waals surface area contributed by atoms with Gasteiger partial charge in [-0.05, 0) is 37.3 Å². The van der Waals surface area contributed by atoms with E-state index in [-0.39, 0.29) is 0 Å². The van der Waals surface area contributed by atoms with Crippen molar-refractivity contribution in [2.24, 2.45) is 4.99 Å². The number of nitrogens with zero attached hydrogens (tertiary/aromatic N) is 2. The Morgan fingerprint density at radius 2 is 2.10 bits per heavy atom. The quantitative estimate of drug-likeness (QED) is 0.718. The fraction of sp³-hybridized carbons (Fsp3) is 0.250. The summed E-state index contributed by atoms with van der Waals surface area (Å²) < 4.78 is 5.46. The van der Waals surface area contributed by atoms with Crippen LogP contribution in [0.1, 0.15) is 37.1 Å². The number of hydrogen-bond donors (Lipinski definition) is 1. The Morgan fingerprint density at radius 3 is 2.80 bits per heavy atom. The maximum Gasteiger partial charge on any atom is 0.145 e. The normalized spacial score (nSPS) is 12.0. The van der Waals surface area contributed by atoms with Crippen LogP contribution in [0.2, 0.25) is 0 Å². The van der Waals surface area contributed by atoms with Crippen LogP contribution in [0.25, 0.3) is 11.0 Å². The van der Waals surface area contributed by atoms with Gasteiger partial charge in [-0.1, -0.05) is 13.8 Å². The first kappa shape index (κ1) is 12.7. The Balaban J connectivity index is 1.90. The van der Waals surface area contributed by atoms with Gasteiger partial charge in [-0.3, -0.25) is 4.99 Å². The molecule has 3 rings (SSSR count). The zero-order valence-corrected chi connectivity index (χ0v) is 11.8. The first-order valence-electron chi connectivity index (χ1n) is 6.72. The van der Waals surface area contributed by atoms with Crippen molar-refractivity contribution in [3.8, 4) is 0 Å². The molecule has 0 atom stereocenters. The summed E-state index contributed by atoms with van der Waals surface area (Å²) in [4.78, 5) is 12.3. The van der Waals surface area contributed by atoms with Crippen molar-refractivity contribution in [3.63, 3.8) is 0 Å². The number of aromatic amines is 1. The van der Waals surface area contributed by atoms with E-state index in [0.29, 0.717) is 5.92 Å². The summed E-state index contributed by atoms with van der Waals surface area (Å²) in [7, 11) is 0. The number of aliphatic imine (C=N–C) groups is 1. The maximum absolute atomic E-state index is 5.46. The Morgan fingerprint density at radius 1 is 1.25 bits per heavy atom. The standard InChI is InChI=1S/C16H17N3O/c1-10(2)16-18-14-7-5-12(8-15(14)19-16)17-9-13-6-4-11(3)20-13/h4-10H,1-3H3,(H,18,19). The Labute approximate surface area is 117 Å². The lowest BCUT2D eigenvalue weighted by molar-refractivity contribution is 0.528. The molecular formula is C16H17N3O. The molecular weight excluding hydrogens is 250 g/mol. The van der Waals surface area contributed by atoms with Gasteiger partial charge in [0.1, 0.15) is 17.3 Å². The highest BCUT2D eigenvalue weighted by Crippen LogP contribution is 2.22. The Hall–Kier alpha value is -2.36.